The predicted octanol–water partition coefficient (Wildman–Crippen LogP) is 2.09. The van der Waals surface area contributed by atoms with Gasteiger partial charge in [0.05, 0.1) is 0 Å². The molecular weight excluding hydrogens is 172 g/mol. The summed E-state index contributed by atoms with van der Waals surface area (Å²) < 4.78 is 0. The molecule has 0 heterocycles. The third-order valence-electron chi connectivity index (χ3n) is 3.77. The van der Waals surface area contributed by atoms with Crippen LogP contribution in [-0.2, 0) is 0 Å². The highest BCUT2D eigenvalue weighted by molar-refractivity contribution is 4.81. The van der Waals surface area contributed by atoms with Crippen molar-refractivity contribution in [1.29, 1.82) is 0 Å². The van der Waals surface area contributed by atoms with E-state index in [0.29, 0.717) is 6.04 Å². The highest BCUT2D eigenvalue weighted by Gasteiger charge is 2.26. The topological polar surface area (TPSA) is 29.3 Å². The fourth-order valence-electron chi connectivity index (χ4n) is 2.52. The number of hydrogen-bond donors (Lipinski definition) is 1. The molecule has 0 aromatic rings. The third-order valence-corrected chi connectivity index (χ3v) is 3.77. The summed E-state index contributed by atoms with van der Waals surface area (Å²) in [7, 11) is 2.22. The number of nitrogens with zero attached hydrogens (tertiary/aromatic N) is 1. The van der Waals surface area contributed by atoms with Crippen LogP contribution < -0.4 is 5.73 Å². The second-order valence-electron chi connectivity index (χ2n) is 5.34. The number of nitrogens with two attached hydrogens (primary N) is 1. The Hall–Kier alpha value is -0.0800. The molecule has 0 saturated heterocycles. The highest BCUT2D eigenvalue weighted by Crippen LogP contribution is 2.31. The molecule has 84 valence electrons. The van der Waals surface area contributed by atoms with E-state index >= 15 is 0 Å². The Labute approximate surface area is 88.8 Å². The van der Waals surface area contributed by atoms with Crippen LogP contribution in [0, 0.1) is 11.8 Å². The molecule has 0 spiro atoms. The Kier molecular flexibility index (Phi) is 4.39. The SMILES string of the molecule is CC(N)CN(C)C1CCC(C)C(C)C1. The molecular formula is C12H26N2. The molecule has 2 N–H and O–H groups in total. The van der Waals surface area contributed by atoms with Gasteiger partial charge in [0.15, 0.2) is 0 Å². The van der Waals surface area contributed by atoms with Crippen molar-refractivity contribution in [2.75, 3.05) is 13.6 Å². The lowest BCUT2D eigenvalue weighted by Crippen LogP contribution is -2.42. The molecule has 14 heavy (non-hydrogen) atoms. The molecule has 0 bridgehead atoms. The Balaban J connectivity index is 2.38. The molecule has 1 rings (SSSR count). The van der Waals surface area contributed by atoms with Crippen LogP contribution in [0.4, 0.5) is 0 Å². The lowest BCUT2D eigenvalue weighted by Gasteiger charge is -2.38. The monoisotopic (exact) mass is 198 g/mol. The van der Waals surface area contributed by atoms with Crippen molar-refractivity contribution in [1.82, 2.24) is 4.90 Å². The fourth-order valence-corrected chi connectivity index (χ4v) is 2.52. The molecule has 2 nitrogen and oxygen atoms in total. The van der Waals surface area contributed by atoms with Gasteiger partial charge in [-0.25, -0.2) is 0 Å². The molecule has 4 unspecified atom stereocenters. The smallest absolute Gasteiger partial charge is 0.0139 e. The van der Waals surface area contributed by atoms with Crippen molar-refractivity contribution < 1.29 is 0 Å². The van der Waals surface area contributed by atoms with Gasteiger partial charge in [-0.3, -0.25) is 0 Å². The van der Waals surface area contributed by atoms with Crippen molar-refractivity contribution >= 4 is 0 Å². The van der Waals surface area contributed by atoms with Crippen molar-refractivity contribution in [2.45, 2.75) is 52.1 Å². The van der Waals surface area contributed by atoms with E-state index in [1.165, 1.54) is 19.3 Å². The van der Waals surface area contributed by atoms with Crippen LogP contribution in [0.25, 0.3) is 0 Å². The summed E-state index contributed by atoms with van der Waals surface area (Å²) in [5, 5.41) is 0. The molecule has 1 aliphatic rings. The van der Waals surface area contributed by atoms with E-state index in [4.69, 9.17) is 5.73 Å². The normalized spacial score (nSPS) is 36.0. The maximum Gasteiger partial charge on any atom is 0.0139 e. The molecule has 1 saturated carbocycles. The van der Waals surface area contributed by atoms with Crippen LogP contribution in [0.2, 0.25) is 0 Å². The number of hydrogen-bond acceptors (Lipinski definition) is 2. The van der Waals surface area contributed by atoms with E-state index in [-0.39, 0.29) is 0 Å². The Morgan fingerprint density at radius 1 is 1.29 bits per heavy atom. The average molecular weight is 198 g/mol. The van der Waals surface area contributed by atoms with Crippen molar-refractivity contribution in [3.05, 3.63) is 0 Å². The van der Waals surface area contributed by atoms with Crippen LogP contribution in [-0.4, -0.2) is 30.6 Å². The average Bonchev–Trinajstić information content (AvgIpc) is 2.08. The lowest BCUT2D eigenvalue weighted by atomic mass is 9.78. The minimum atomic E-state index is 0.301. The largest absolute Gasteiger partial charge is 0.327 e. The molecule has 1 fully saturated rings. The van der Waals surface area contributed by atoms with Gasteiger partial charge in [-0.05, 0) is 45.1 Å². The number of likely N-dealkylation sites (N-methyl/N-ethyl adjacent to an activating group) is 1. The Morgan fingerprint density at radius 3 is 2.43 bits per heavy atom. The fraction of sp³-hybridized carbons (Fsp3) is 1.00. The quantitative estimate of drug-likeness (QED) is 0.752. The summed E-state index contributed by atoms with van der Waals surface area (Å²) in [6.45, 7) is 7.89. The lowest BCUT2D eigenvalue weighted by molar-refractivity contribution is 0.128. The van der Waals surface area contributed by atoms with Crippen LogP contribution >= 0.6 is 0 Å². The van der Waals surface area contributed by atoms with E-state index in [0.717, 1.165) is 24.4 Å². The first-order chi connectivity index (χ1) is 6.50. The van der Waals surface area contributed by atoms with Gasteiger partial charge in [0.25, 0.3) is 0 Å². The van der Waals surface area contributed by atoms with E-state index in [2.05, 4.69) is 32.7 Å². The van der Waals surface area contributed by atoms with Gasteiger partial charge in [-0.15, -0.1) is 0 Å². The summed E-state index contributed by atoms with van der Waals surface area (Å²) in [5.74, 6) is 1.79. The van der Waals surface area contributed by atoms with Gasteiger partial charge in [0.2, 0.25) is 0 Å². The summed E-state index contributed by atoms with van der Waals surface area (Å²) in [4.78, 5) is 2.45. The van der Waals surface area contributed by atoms with Gasteiger partial charge in [0.1, 0.15) is 0 Å². The van der Waals surface area contributed by atoms with Crippen molar-refractivity contribution in [2.24, 2.45) is 17.6 Å². The van der Waals surface area contributed by atoms with Gasteiger partial charge < -0.3 is 10.6 Å². The van der Waals surface area contributed by atoms with Gasteiger partial charge in [-0.1, -0.05) is 13.8 Å². The second kappa shape index (κ2) is 5.13. The zero-order valence-corrected chi connectivity index (χ0v) is 10.2. The third kappa shape index (κ3) is 3.25. The van der Waals surface area contributed by atoms with Gasteiger partial charge in [-0.2, -0.15) is 0 Å². The van der Waals surface area contributed by atoms with E-state index < -0.39 is 0 Å². The molecule has 0 aromatic heterocycles. The minimum absolute atomic E-state index is 0.301. The summed E-state index contributed by atoms with van der Waals surface area (Å²) in [6.07, 6.45) is 4.09. The Bertz CT molecular complexity index is 168. The number of rotatable bonds is 3. The predicted molar refractivity (Wildman–Crippen MR) is 62.2 cm³/mol. The zero-order chi connectivity index (χ0) is 10.7. The van der Waals surface area contributed by atoms with E-state index in [1.807, 2.05) is 0 Å². The van der Waals surface area contributed by atoms with E-state index in [9.17, 15) is 0 Å². The van der Waals surface area contributed by atoms with Crippen LogP contribution in [0.3, 0.4) is 0 Å². The first-order valence-corrected chi connectivity index (χ1v) is 5.96. The highest BCUT2D eigenvalue weighted by atomic mass is 15.1. The first-order valence-electron chi connectivity index (χ1n) is 5.96. The summed E-state index contributed by atoms with van der Waals surface area (Å²) >= 11 is 0. The maximum absolute atomic E-state index is 5.82. The molecule has 1 aliphatic carbocycles. The summed E-state index contributed by atoms with van der Waals surface area (Å²) in [6, 6.07) is 1.07. The maximum atomic E-state index is 5.82. The molecule has 0 aliphatic heterocycles. The van der Waals surface area contributed by atoms with Crippen LogP contribution in [0.15, 0.2) is 0 Å². The van der Waals surface area contributed by atoms with Crippen LogP contribution in [0.5, 0.6) is 0 Å². The minimum Gasteiger partial charge on any atom is -0.327 e. The van der Waals surface area contributed by atoms with Crippen molar-refractivity contribution in [3.8, 4) is 0 Å². The first kappa shape index (κ1) is 12.0. The second-order valence-corrected chi connectivity index (χ2v) is 5.34. The summed E-state index contributed by atoms with van der Waals surface area (Å²) in [5.41, 5.74) is 5.82. The zero-order valence-electron chi connectivity index (χ0n) is 10.2. The molecule has 4 atom stereocenters. The molecule has 0 amide bonds. The van der Waals surface area contributed by atoms with E-state index in [1.54, 1.807) is 0 Å². The van der Waals surface area contributed by atoms with Crippen LogP contribution in [0.1, 0.15) is 40.0 Å². The van der Waals surface area contributed by atoms with Gasteiger partial charge >= 0.3 is 0 Å². The van der Waals surface area contributed by atoms with Gasteiger partial charge in [0, 0.05) is 18.6 Å². The molecule has 0 aromatic carbocycles. The standard InChI is InChI=1S/C12H26N2/c1-9-5-6-12(7-10(9)2)14(4)8-11(3)13/h9-12H,5-8,13H2,1-4H3. The molecule has 0 radical (unpaired) electrons. The molecule has 2 heteroatoms. The Morgan fingerprint density at radius 2 is 1.93 bits per heavy atom. The van der Waals surface area contributed by atoms with Crippen molar-refractivity contribution in [3.63, 3.8) is 0 Å².